The molecule has 1 heterocycles. The number of nitrogens with zero attached hydrogens (tertiary/aromatic N) is 1. The third kappa shape index (κ3) is 2.75. The Hall–Kier alpha value is -2.43. The Kier molecular flexibility index (Phi) is 4.26. The Labute approximate surface area is 141 Å². The van der Waals surface area contributed by atoms with E-state index < -0.39 is 23.8 Å². The van der Waals surface area contributed by atoms with Gasteiger partial charge in [0.15, 0.2) is 0 Å². The van der Waals surface area contributed by atoms with Gasteiger partial charge in [0.2, 0.25) is 11.8 Å². The van der Waals surface area contributed by atoms with Crippen LogP contribution in [0.15, 0.2) is 42.0 Å². The molecule has 5 nitrogen and oxygen atoms in total. The molecule has 1 aliphatic carbocycles. The van der Waals surface area contributed by atoms with E-state index in [2.05, 4.69) is 0 Å². The molecule has 1 aromatic rings. The maximum absolute atomic E-state index is 12.8. The highest BCUT2D eigenvalue weighted by molar-refractivity contribution is 6.08. The molecule has 2 aliphatic rings. The number of carboxylic acids is 1. The van der Waals surface area contributed by atoms with E-state index in [1.807, 2.05) is 50.3 Å². The number of carbonyl (C=O) groups excluding carboxylic acids is 2. The summed E-state index contributed by atoms with van der Waals surface area (Å²) in [4.78, 5) is 38.4. The van der Waals surface area contributed by atoms with Crippen molar-refractivity contribution in [3.8, 4) is 0 Å². The maximum atomic E-state index is 12.8. The fraction of sp³-hybridized carbons (Fsp3) is 0.421. The van der Waals surface area contributed by atoms with Gasteiger partial charge in [-0.15, -0.1) is 0 Å². The molecule has 0 bridgehead atoms. The van der Waals surface area contributed by atoms with E-state index in [9.17, 15) is 19.5 Å². The average Bonchev–Trinajstić information content (AvgIpc) is 2.77. The first-order chi connectivity index (χ1) is 11.4. The van der Waals surface area contributed by atoms with Crippen molar-refractivity contribution in [1.29, 1.82) is 0 Å². The van der Waals surface area contributed by atoms with Crippen molar-refractivity contribution in [1.82, 2.24) is 4.90 Å². The Morgan fingerprint density at radius 1 is 1.25 bits per heavy atom. The van der Waals surface area contributed by atoms with Crippen molar-refractivity contribution in [2.45, 2.75) is 32.7 Å². The molecular weight excluding hydrogens is 306 g/mol. The molecule has 0 aromatic heterocycles. The summed E-state index contributed by atoms with van der Waals surface area (Å²) >= 11 is 0. The minimum Gasteiger partial charge on any atom is -0.480 e. The topological polar surface area (TPSA) is 74.7 Å². The Bertz CT molecular complexity index is 709. The molecule has 1 aromatic carbocycles. The molecule has 24 heavy (non-hydrogen) atoms. The van der Waals surface area contributed by atoms with E-state index >= 15 is 0 Å². The van der Waals surface area contributed by atoms with E-state index in [0.717, 1.165) is 16.0 Å². The summed E-state index contributed by atoms with van der Waals surface area (Å²) in [5.41, 5.74) is 1.88. The monoisotopic (exact) mass is 327 g/mol. The minimum atomic E-state index is -1.15. The zero-order valence-electron chi connectivity index (χ0n) is 13.8. The fourth-order valence-electron chi connectivity index (χ4n) is 3.98. The number of hydrogen-bond donors (Lipinski definition) is 1. The number of benzene rings is 1. The van der Waals surface area contributed by atoms with Crippen LogP contribution in [0.4, 0.5) is 0 Å². The van der Waals surface area contributed by atoms with Crippen LogP contribution in [0.2, 0.25) is 0 Å². The lowest BCUT2D eigenvalue weighted by Gasteiger charge is -2.25. The van der Waals surface area contributed by atoms with Crippen LogP contribution in [0.25, 0.3) is 0 Å². The smallest absolute Gasteiger partial charge is 0.327 e. The highest BCUT2D eigenvalue weighted by Crippen LogP contribution is 2.41. The van der Waals surface area contributed by atoms with Crippen LogP contribution in [-0.4, -0.2) is 33.8 Å². The standard InChI is InChI=1S/C19H21NO4/c1-11-8-12(2)16-14(9-11)17(21)20(18(16)22)15(19(23)24)10-13-6-4-3-5-7-13/h3-8,12,14-16H,9-10H2,1-2H3,(H,23,24)/t12-,14-,15+,16-/m1/s1. The molecule has 0 spiro atoms. The predicted octanol–water partition coefficient (Wildman–Crippen LogP) is 2.27. The highest BCUT2D eigenvalue weighted by atomic mass is 16.4. The van der Waals surface area contributed by atoms with Crippen molar-refractivity contribution in [2.75, 3.05) is 0 Å². The molecule has 4 atom stereocenters. The quantitative estimate of drug-likeness (QED) is 0.680. The van der Waals surface area contributed by atoms with Crippen LogP contribution in [-0.2, 0) is 20.8 Å². The fourth-order valence-corrected chi connectivity index (χ4v) is 3.98. The minimum absolute atomic E-state index is 0.0450. The first-order valence-corrected chi connectivity index (χ1v) is 8.21. The van der Waals surface area contributed by atoms with Crippen LogP contribution < -0.4 is 0 Å². The van der Waals surface area contributed by atoms with E-state index in [1.54, 1.807) is 0 Å². The van der Waals surface area contributed by atoms with Crippen LogP contribution in [0.5, 0.6) is 0 Å². The second kappa shape index (κ2) is 6.23. The molecule has 3 rings (SSSR count). The summed E-state index contributed by atoms with van der Waals surface area (Å²) < 4.78 is 0. The van der Waals surface area contributed by atoms with Gasteiger partial charge in [0.25, 0.3) is 0 Å². The molecule has 0 radical (unpaired) electrons. The molecule has 1 saturated heterocycles. The summed E-state index contributed by atoms with van der Waals surface area (Å²) in [6, 6.07) is 7.94. The molecule has 2 amide bonds. The van der Waals surface area contributed by atoms with E-state index in [-0.39, 0.29) is 24.2 Å². The summed E-state index contributed by atoms with van der Waals surface area (Å²) in [5.74, 6) is -2.72. The Morgan fingerprint density at radius 2 is 1.92 bits per heavy atom. The lowest BCUT2D eigenvalue weighted by atomic mass is 9.76. The third-order valence-electron chi connectivity index (χ3n) is 5.04. The summed E-state index contributed by atoms with van der Waals surface area (Å²) in [5, 5.41) is 9.62. The highest BCUT2D eigenvalue weighted by Gasteiger charge is 2.53. The van der Waals surface area contributed by atoms with Gasteiger partial charge in [0.05, 0.1) is 11.8 Å². The number of likely N-dealkylation sites (tertiary alicyclic amines) is 1. The molecule has 0 saturated carbocycles. The van der Waals surface area contributed by atoms with Gasteiger partial charge in [-0.05, 0) is 24.8 Å². The van der Waals surface area contributed by atoms with Gasteiger partial charge in [0, 0.05) is 6.42 Å². The van der Waals surface area contributed by atoms with Gasteiger partial charge < -0.3 is 5.11 Å². The van der Waals surface area contributed by atoms with Crippen LogP contribution in [0, 0.1) is 17.8 Å². The molecule has 1 N–H and O–H groups in total. The van der Waals surface area contributed by atoms with Crippen molar-refractivity contribution in [2.24, 2.45) is 17.8 Å². The third-order valence-corrected chi connectivity index (χ3v) is 5.04. The molecular formula is C19H21NO4. The van der Waals surface area contributed by atoms with E-state index in [1.165, 1.54) is 0 Å². The van der Waals surface area contributed by atoms with Gasteiger partial charge in [0.1, 0.15) is 6.04 Å². The molecule has 1 aliphatic heterocycles. The zero-order valence-corrected chi connectivity index (χ0v) is 13.8. The number of fused-ring (bicyclic) bond motifs is 1. The molecule has 0 unspecified atom stereocenters. The van der Waals surface area contributed by atoms with E-state index in [0.29, 0.717) is 6.42 Å². The number of amides is 2. The number of hydrogen-bond acceptors (Lipinski definition) is 3. The number of rotatable bonds is 4. The predicted molar refractivity (Wildman–Crippen MR) is 87.9 cm³/mol. The van der Waals surface area contributed by atoms with Gasteiger partial charge in [-0.1, -0.05) is 48.9 Å². The first kappa shape index (κ1) is 16.4. The second-order valence-electron chi connectivity index (χ2n) is 6.80. The summed E-state index contributed by atoms with van der Waals surface area (Å²) in [7, 11) is 0. The normalized spacial score (nSPS) is 27.7. The first-order valence-electron chi connectivity index (χ1n) is 8.21. The van der Waals surface area contributed by atoms with Gasteiger partial charge in [-0.3, -0.25) is 14.5 Å². The summed E-state index contributed by atoms with van der Waals surface area (Å²) in [6.07, 6.45) is 2.68. The number of carboxylic acid groups (broad SMARTS) is 1. The Balaban J connectivity index is 1.91. The average molecular weight is 327 g/mol. The zero-order chi connectivity index (χ0) is 17.4. The lowest BCUT2D eigenvalue weighted by Crippen LogP contribution is -2.47. The van der Waals surface area contributed by atoms with Crippen LogP contribution >= 0.6 is 0 Å². The van der Waals surface area contributed by atoms with Crippen LogP contribution in [0.1, 0.15) is 25.8 Å². The lowest BCUT2D eigenvalue weighted by molar-refractivity contribution is -0.155. The van der Waals surface area contributed by atoms with Crippen molar-refractivity contribution >= 4 is 17.8 Å². The SMILES string of the molecule is CC1=C[C@@H](C)[C@H]2C(=O)N([C@@H](Cc3ccccc3)C(=O)O)C(=O)[C@@H]2C1. The second-order valence-corrected chi connectivity index (χ2v) is 6.80. The van der Waals surface area contributed by atoms with E-state index in [4.69, 9.17) is 0 Å². The number of allylic oxidation sites excluding steroid dienone is 2. The van der Waals surface area contributed by atoms with Crippen molar-refractivity contribution in [3.63, 3.8) is 0 Å². The van der Waals surface area contributed by atoms with Crippen LogP contribution in [0.3, 0.4) is 0 Å². The Morgan fingerprint density at radius 3 is 2.54 bits per heavy atom. The number of aliphatic carboxylic acids is 1. The largest absolute Gasteiger partial charge is 0.480 e. The van der Waals surface area contributed by atoms with Crippen molar-refractivity contribution in [3.05, 3.63) is 47.5 Å². The van der Waals surface area contributed by atoms with Gasteiger partial charge >= 0.3 is 5.97 Å². The number of carbonyl (C=O) groups is 3. The summed E-state index contributed by atoms with van der Waals surface area (Å²) in [6.45, 7) is 3.87. The number of imide groups is 1. The maximum Gasteiger partial charge on any atom is 0.327 e. The molecule has 1 fully saturated rings. The van der Waals surface area contributed by atoms with Crippen molar-refractivity contribution < 1.29 is 19.5 Å². The van der Waals surface area contributed by atoms with Gasteiger partial charge in [-0.25, -0.2) is 4.79 Å². The van der Waals surface area contributed by atoms with Gasteiger partial charge in [-0.2, -0.15) is 0 Å². The molecule has 126 valence electrons. The molecule has 5 heteroatoms.